The number of rotatable bonds is 7. The normalized spacial score (nSPS) is 14.5. The van der Waals surface area contributed by atoms with E-state index in [0.29, 0.717) is 12.8 Å². The molecule has 3 heteroatoms. The molecule has 1 aromatic carbocycles. The Morgan fingerprint density at radius 2 is 1.88 bits per heavy atom. The lowest BCUT2D eigenvalue weighted by Crippen LogP contribution is -2.14. The number of hydrogen-bond acceptors (Lipinski definition) is 2. The van der Waals surface area contributed by atoms with Crippen LogP contribution in [0.1, 0.15) is 38.7 Å². The van der Waals surface area contributed by atoms with Crippen LogP contribution in [0.5, 0.6) is 0 Å². The van der Waals surface area contributed by atoms with Crippen LogP contribution in [0.4, 0.5) is 0 Å². The topological polar surface area (TPSA) is 26.3 Å². The summed E-state index contributed by atoms with van der Waals surface area (Å²) in [5.41, 5.74) is 1.07. The summed E-state index contributed by atoms with van der Waals surface area (Å²) in [4.78, 5) is 0. The van der Waals surface area contributed by atoms with Crippen molar-refractivity contribution in [2.24, 2.45) is 0 Å². The van der Waals surface area contributed by atoms with Crippen LogP contribution in [0.25, 0.3) is 0 Å². The zero-order valence-electron chi connectivity index (χ0n) is 11.1. The number of unbranched alkanes of at least 4 members (excludes halogenated alkanes) is 1. The van der Waals surface area contributed by atoms with Crippen molar-refractivity contribution in [1.82, 2.24) is 0 Å². The predicted molar refractivity (Wildman–Crippen MR) is 74.4 cm³/mol. The van der Waals surface area contributed by atoms with Gasteiger partial charge < -0.3 is 4.52 Å². The lowest BCUT2D eigenvalue weighted by atomic mass is 10.2. The molecule has 0 N–H and O–H groups in total. The first-order valence-electron chi connectivity index (χ1n) is 6.44. The molecule has 1 unspecified atom stereocenters. The highest BCUT2D eigenvalue weighted by atomic mass is 31.2. The van der Waals surface area contributed by atoms with Gasteiger partial charge in [0, 0.05) is 11.5 Å². The van der Waals surface area contributed by atoms with E-state index < -0.39 is 7.37 Å². The molecule has 0 spiro atoms. The van der Waals surface area contributed by atoms with Gasteiger partial charge in [0.25, 0.3) is 0 Å². The Balaban J connectivity index is 2.97. The molecule has 1 rings (SSSR count). The van der Waals surface area contributed by atoms with Gasteiger partial charge in [-0.05, 0) is 31.4 Å². The SMILES string of the molecule is CCCCP(=O)(OCCC)c1ccccc1C. The maximum absolute atomic E-state index is 12.9. The van der Waals surface area contributed by atoms with Gasteiger partial charge >= 0.3 is 0 Å². The van der Waals surface area contributed by atoms with Gasteiger partial charge in [0.2, 0.25) is 7.37 Å². The summed E-state index contributed by atoms with van der Waals surface area (Å²) >= 11 is 0. The summed E-state index contributed by atoms with van der Waals surface area (Å²) in [5.74, 6) is 0. The predicted octanol–water partition coefficient (Wildman–Crippen LogP) is 4.13. The second-order valence-electron chi connectivity index (χ2n) is 4.37. The zero-order chi connectivity index (χ0) is 12.7. The van der Waals surface area contributed by atoms with E-state index in [9.17, 15) is 4.57 Å². The van der Waals surface area contributed by atoms with E-state index >= 15 is 0 Å². The third-order valence-electron chi connectivity index (χ3n) is 2.79. The van der Waals surface area contributed by atoms with Crippen LogP contribution in [0.15, 0.2) is 24.3 Å². The third kappa shape index (κ3) is 3.97. The van der Waals surface area contributed by atoms with E-state index in [1.165, 1.54) is 0 Å². The molecule has 0 fully saturated rings. The molecule has 0 radical (unpaired) electrons. The monoisotopic (exact) mass is 254 g/mol. The van der Waals surface area contributed by atoms with E-state index in [4.69, 9.17) is 4.52 Å². The molecule has 96 valence electrons. The minimum absolute atomic E-state index is 0.579. The van der Waals surface area contributed by atoms with Gasteiger partial charge in [0.15, 0.2) is 0 Å². The van der Waals surface area contributed by atoms with Crippen LogP contribution < -0.4 is 5.30 Å². The largest absolute Gasteiger partial charge is 0.325 e. The maximum Gasteiger partial charge on any atom is 0.232 e. The lowest BCUT2D eigenvalue weighted by Gasteiger charge is -2.20. The van der Waals surface area contributed by atoms with Crippen molar-refractivity contribution in [1.29, 1.82) is 0 Å². The maximum atomic E-state index is 12.9. The minimum Gasteiger partial charge on any atom is -0.325 e. The van der Waals surface area contributed by atoms with E-state index in [-0.39, 0.29) is 0 Å². The first-order chi connectivity index (χ1) is 8.14. The number of aryl methyl sites for hydroxylation is 1. The highest BCUT2D eigenvalue weighted by molar-refractivity contribution is 7.67. The molecule has 17 heavy (non-hydrogen) atoms. The van der Waals surface area contributed by atoms with E-state index in [1.54, 1.807) is 0 Å². The molecular weight excluding hydrogens is 231 g/mol. The highest BCUT2D eigenvalue weighted by Crippen LogP contribution is 2.47. The van der Waals surface area contributed by atoms with Gasteiger partial charge in [-0.1, -0.05) is 38.5 Å². The summed E-state index contributed by atoms with van der Waals surface area (Å²) in [5, 5.41) is 0.905. The summed E-state index contributed by atoms with van der Waals surface area (Å²) in [6.07, 6.45) is 3.57. The first-order valence-corrected chi connectivity index (χ1v) is 8.25. The first kappa shape index (κ1) is 14.5. The van der Waals surface area contributed by atoms with Crippen LogP contribution in [0.2, 0.25) is 0 Å². The van der Waals surface area contributed by atoms with Crippen LogP contribution in [-0.4, -0.2) is 12.8 Å². The molecule has 0 aromatic heterocycles. The minimum atomic E-state index is -2.64. The van der Waals surface area contributed by atoms with Gasteiger partial charge in [-0.25, -0.2) is 0 Å². The number of hydrogen-bond donors (Lipinski definition) is 0. The molecule has 0 heterocycles. The Hall–Kier alpha value is -0.590. The lowest BCUT2D eigenvalue weighted by molar-refractivity contribution is 0.319. The Bertz CT molecular complexity index is 376. The van der Waals surface area contributed by atoms with Crippen molar-refractivity contribution in [3.8, 4) is 0 Å². The summed E-state index contributed by atoms with van der Waals surface area (Å²) in [7, 11) is -2.64. The van der Waals surface area contributed by atoms with Crippen molar-refractivity contribution >= 4 is 12.7 Å². The van der Waals surface area contributed by atoms with Crippen LogP contribution in [0.3, 0.4) is 0 Å². The molecule has 0 saturated carbocycles. The smallest absolute Gasteiger partial charge is 0.232 e. The van der Waals surface area contributed by atoms with Crippen molar-refractivity contribution in [3.05, 3.63) is 29.8 Å². The summed E-state index contributed by atoms with van der Waals surface area (Å²) in [6, 6.07) is 7.86. The van der Waals surface area contributed by atoms with Crippen LogP contribution in [-0.2, 0) is 9.09 Å². The Kier molecular flexibility index (Phi) is 5.94. The van der Waals surface area contributed by atoms with Crippen molar-refractivity contribution in [2.75, 3.05) is 12.8 Å². The molecule has 1 aromatic rings. The summed E-state index contributed by atoms with van der Waals surface area (Å²) < 4.78 is 18.6. The van der Waals surface area contributed by atoms with Gasteiger partial charge in [-0.3, -0.25) is 4.57 Å². The van der Waals surface area contributed by atoms with Crippen LogP contribution in [0, 0.1) is 6.92 Å². The molecule has 0 amide bonds. The third-order valence-corrected chi connectivity index (χ3v) is 5.53. The molecule has 2 nitrogen and oxygen atoms in total. The van der Waals surface area contributed by atoms with Gasteiger partial charge in [0.1, 0.15) is 0 Å². The average molecular weight is 254 g/mol. The highest BCUT2D eigenvalue weighted by Gasteiger charge is 2.26. The molecule has 0 saturated heterocycles. The fraction of sp³-hybridized carbons (Fsp3) is 0.571. The summed E-state index contributed by atoms with van der Waals surface area (Å²) in [6.45, 7) is 6.74. The molecule has 1 atom stereocenters. The van der Waals surface area contributed by atoms with Crippen LogP contribution >= 0.6 is 7.37 Å². The number of benzene rings is 1. The standard InChI is InChI=1S/C14H23O2P/c1-4-6-12-17(15,16-11-5-2)14-10-8-7-9-13(14)3/h7-10H,4-6,11-12H2,1-3H3. The van der Waals surface area contributed by atoms with Crippen molar-refractivity contribution in [3.63, 3.8) is 0 Å². The Morgan fingerprint density at radius 3 is 2.47 bits per heavy atom. The zero-order valence-corrected chi connectivity index (χ0v) is 12.0. The molecular formula is C14H23O2P. The van der Waals surface area contributed by atoms with E-state index in [0.717, 1.165) is 30.1 Å². The van der Waals surface area contributed by atoms with Crippen molar-refractivity contribution < 1.29 is 9.09 Å². The molecule has 0 aliphatic rings. The second kappa shape index (κ2) is 6.98. The molecule has 0 aliphatic carbocycles. The Morgan fingerprint density at radius 1 is 1.18 bits per heavy atom. The van der Waals surface area contributed by atoms with Gasteiger partial charge in [-0.15, -0.1) is 0 Å². The molecule has 0 aliphatic heterocycles. The fourth-order valence-corrected chi connectivity index (χ4v) is 4.45. The second-order valence-corrected chi connectivity index (χ2v) is 6.90. The fourth-order valence-electron chi connectivity index (χ4n) is 1.81. The van der Waals surface area contributed by atoms with Gasteiger partial charge in [-0.2, -0.15) is 0 Å². The molecule has 0 bridgehead atoms. The quantitative estimate of drug-likeness (QED) is 0.684. The van der Waals surface area contributed by atoms with E-state index in [1.807, 2.05) is 38.1 Å². The average Bonchev–Trinajstić information content (AvgIpc) is 2.34. The Labute approximate surface area is 105 Å². The van der Waals surface area contributed by atoms with Crippen molar-refractivity contribution in [2.45, 2.75) is 40.0 Å². The van der Waals surface area contributed by atoms with Gasteiger partial charge in [0.05, 0.1) is 6.61 Å². The van der Waals surface area contributed by atoms with E-state index in [2.05, 4.69) is 6.92 Å².